The molecule has 0 bridgehead atoms. The van der Waals surface area contributed by atoms with Crippen LogP contribution in [0.1, 0.15) is 51.1 Å². The molecule has 11 heteroatoms. The molecule has 1 aromatic carbocycles. The van der Waals surface area contributed by atoms with Crippen molar-refractivity contribution in [3.63, 3.8) is 0 Å². The Morgan fingerprint density at radius 2 is 1.84 bits per heavy atom. The second-order valence-electron chi connectivity index (χ2n) is 8.23. The molecule has 1 aliphatic carbocycles. The number of aromatic nitrogens is 5. The van der Waals surface area contributed by atoms with Gasteiger partial charge in [-0.05, 0) is 51.7 Å². The number of nitrogens with two attached hydrogens (primary N) is 1. The third-order valence-corrected chi connectivity index (χ3v) is 5.74. The van der Waals surface area contributed by atoms with E-state index in [9.17, 15) is 10.2 Å². The minimum Gasteiger partial charge on any atom is -0.507 e. The normalized spacial score (nSPS) is 19.1. The number of anilines is 2. The molecule has 0 aliphatic heterocycles. The maximum atomic E-state index is 10.2. The number of nitrogens with one attached hydrogen (secondary N) is 2. The molecule has 0 saturated heterocycles. The molecule has 4 rings (SSSR count). The summed E-state index contributed by atoms with van der Waals surface area (Å²) in [4.78, 5) is 9.27. The SMILES string of the molecule is CC(C)n1nnc2c(NCc3c(O)cc(Cl)cc3O)nc(NC3CCC(N)CC3)nc21. The predicted molar refractivity (Wildman–Crippen MR) is 119 cm³/mol. The molecular weight excluding hydrogens is 420 g/mol. The lowest BCUT2D eigenvalue weighted by atomic mass is 9.92. The van der Waals surface area contributed by atoms with Crippen LogP contribution in [0.25, 0.3) is 11.2 Å². The monoisotopic (exact) mass is 446 g/mol. The van der Waals surface area contributed by atoms with E-state index in [4.69, 9.17) is 17.3 Å². The highest BCUT2D eigenvalue weighted by molar-refractivity contribution is 6.30. The van der Waals surface area contributed by atoms with E-state index in [1.54, 1.807) is 4.68 Å². The van der Waals surface area contributed by atoms with Gasteiger partial charge in [0.05, 0.1) is 11.6 Å². The minimum atomic E-state index is -0.106. The molecule has 0 amide bonds. The van der Waals surface area contributed by atoms with Crippen molar-refractivity contribution < 1.29 is 10.2 Å². The Bertz CT molecular complexity index is 1060. The number of phenolic OH excluding ortho intramolecular Hbond substituents is 2. The second-order valence-corrected chi connectivity index (χ2v) is 8.66. The first kappa shape index (κ1) is 21.4. The lowest BCUT2D eigenvalue weighted by Crippen LogP contribution is -2.33. The Balaban J connectivity index is 1.65. The van der Waals surface area contributed by atoms with Crippen molar-refractivity contribution >= 4 is 34.5 Å². The van der Waals surface area contributed by atoms with E-state index in [0.717, 1.165) is 25.7 Å². The van der Waals surface area contributed by atoms with E-state index in [0.29, 0.717) is 28.5 Å². The van der Waals surface area contributed by atoms with Crippen molar-refractivity contribution in [2.45, 2.75) is 64.2 Å². The number of rotatable bonds is 6. The number of hydrogen-bond donors (Lipinski definition) is 5. The molecule has 10 nitrogen and oxygen atoms in total. The van der Waals surface area contributed by atoms with Gasteiger partial charge in [0.25, 0.3) is 0 Å². The fourth-order valence-electron chi connectivity index (χ4n) is 3.77. The summed E-state index contributed by atoms with van der Waals surface area (Å²) in [6.45, 7) is 4.12. The highest BCUT2D eigenvalue weighted by Gasteiger charge is 2.22. The third kappa shape index (κ3) is 4.59. The maximum Gasteiger partial charge on any atom is 0.227 e. The standard InChI is InChI=1S/C20H27ClN8O2/c1-10(2)29-19-17(27-28-29)18(23-9-14-15(30)7-11(21)8-16(14)31)25-20(26-19)24-13-5-3-12(22)4-6-13/h7-8,10,12-13,30-31H,3-6,9,22H2,1-2H3,(H2,23,24,25,26). The van der Waals surface area contributed by atoms with Crippen LogP contribution in [0, 0.1) is 0 Å². The van der Waals surface area contributed by atoms with Crippen LogP contribution >= 0.6 is 11.6 Å². The van der Waals surface area contributed by atoms with Gasteiger partial charge >= 0.3 is 0 Å². The Morgan fingerprint density at radius 1 is 1.16 bits per heavy atom. The summed E-state index contributed by atoms with van der Waals surface area (Å²) in [6.07, 6.45) is 3.84. The van der Waals surface area contributed by atoms with E-state index >= 15 is 0 Å². The average molecular weight is 447 g/mol. The Labute approximate surface area is 184 Å². The van der Waals surface area contributed by atoms with Gasteiger partial charge in [0.15, 0.2) is 17.0 Å². The van der Waals surface area contributed by atoms with Gasteiger partial charge in [-0.25, -0.2) is 4.68 Å². The van der Waals surface area contributed by atoms with Crippen LogP contribution < -0.4 is 16.4 Å². The van der Waals surface area contributed by atoms with Gasteiger partial charge in [-0.2, -0.15) is 9.97 Å². The summed E-state index contributed by atoms with van der Waals surface area (Å²) in [5.41, 5.74) is 7.44. The molecule has 2 aromatic heterocycles. The van der Waals surface area contributed by atoms with Crippen molar-refractivity contribution in [2.75, 3.05) is 10.6 Å². The van der Waals surface area contributed by atoms with E-state index in [2.05, 4.69) is 30.9 Å². The quantitative estimate of drug-likeness (QED) is 0.385. The Kier molecular flexibility index (Phi) is 6.01. The zero-order valence-corrected chi connectivity index (χ0v) is 18.3. The minimum absolute atomic E-state index is 0.0673. The van der Waals surface area contributed by atoms with Gasteiger partial charge < -0.3 is 26.6 Å². The molecule has 1 aliphatic rings. The number of fused-ring (bicyclic) bond motifs is 1. The van der Waals surface area contributed by atoms with Gasteiger partial charge in [-0.15, -0.1) is 5.10 Å². The zero-order chi connectivity index (χ0) is 22.1. The summed E-state index contributed by atoms with van der Waals surface area (Å²) >= 11 is 5.87. The summed E-state index contributed by atoms with van der Waals surface area (Å²) in [5, 5.41) is 35.6. The molecule has 1 fully saturated rings. The van der Waals surface area contributed by atoms with Crippen molar-refractivity contribution in [1.82, 2.24) is 25.0 Å². The molecule has 0 unspecified atom stereocenters. The number of halogens is 1. The van der Waals surface area contributed by atoms with Gasteiger partial charge in [-0.1, -0.05) is 16.8 Å². The van der Waals surface area contributed by atoms with Crippen LogP contribution in [0.5, 0.6) is 11.5 Å². The number of phenols is 2. The highest BCUT2D eigenvalue weighted by atomic mass is 35.5. The van der Waals surface area contributed by atoms with E-state index in [-0.39, 0.29) is 41.2 Å². The topological polar surface area (TPSA) is 147 Å². The first-order chi connectivity index (χ1) is 14.8. The van der Waals surface area contributed by atoms with Crippen molar-refractivity contribution in [2.24, 2.45) is 5.73 Å². The van der Waals surface area contributed by atoms with Crippen LogP contribution in [0.3, 0.4) is 0 Å². The third-order valence-electron chi connectivity index (χ3n) is 5.52. The second kappa shape index (κ2) is 8.72. The number of nitrogens with zero attached hydrogens (tertiary/aromatic N) is 5. The fourth-order valence-corrected chi connectivity index (χ4v) is 3.98. The molecule has 0 radical (unpaired) electrons. The van der Waals surface area contributed by atoms with Gasteiger partial charge in [0, 0.05) is 23.7 Å². The van der Waals surface area contributed by atoms with E-state index in [1.165, 1.54) is 12.1 Å². The van der Waals surface area contributed by atoms with Crippen LogP contribution in [0.2, 0.25) is 5.02 Å². The van der Waals surface area contributed by atoms with Gasteiger partial charge in [0.1, 0.15) is 11.5 Å². The molecule has 2 heterocycles. The van der Waals surface area contributed by atoms with E-state index in [1.807, 2.05) is 13.8 Å². The largest absolute Gasteiger partial charge is 0.507 e. The maximum absolute atomic E-state index is 10.2. The molecule has 0 atom stereocenters. The number of benzene rings is 1. The molecule has 166 valence electrons. The molecular formula is C20H27ClN8O2. The smallest absolute Gasteiger partial charge is 0.227 e. The van der Waals surface area contributed by atoms with Crippen LogP contribution in [0.4, 0.5) is 11.8 Å². The number of aromatic hydroxyl groups is 2. The summed E-state index contributed by atoms with van der Waals surface area (Å²) < 4.78 is 1.74. The van der Waals surface area contributed by atoms with E-state index < -0.39 is 0 Å². The average Bonchev–Trinajstić information content (AvgIpc) is 3.13. The Hall–Kier alpha value is -2.85. The van der Waals surface area contributed by atoms with Crippen molar-refractivity contribution in [3.05, 3.63) is 22.7 Å². The lowest BCUT2D eigenvalue weighted by molar-refractivity contribution is 0.410. The van der Waals surface area contributed by atoms with Crippen molar-refractivity contribution in [1.29, 1.82) is 0 Å². The molecule has 1 saturated carbocycles. The van der Waals surface area contributed by atoms with Gasteiger partial charge in [-0.3, -0.25) is 0 Å². The van der Waals surface area contributed by atoms with Crippen LogP contribution in [-0.2, 0) is 6.54 Å². The highest BCUT2D eigenvalue weighted by Crippen LogP contribution is 2.32. The number of hydrogen-bond acceptors (Lipinski definition) is 9. The summed E-state index contributed by atoms with van der Waals surface area (Å²) in [7, 11) is 0. The Morgan fingerprint density at radius 3 is 2.48 bits per heavy atom. The molecule has 0 spiro atoms. The van der Waals surface area contributed by atoms with Crippen LogP contribution in [0.15, 0.2) is 12.1 Å². The predicted octanol–water partition coefficient (Wildman–Crippen LogP) is 3.16. The molecule has 6 N–H and O–H groups in total. The first-order valence-corrected chi connectivity index (χ1v) is 10.8. The first-order valence-electron chi connectivity index (χ1n) is 10.4. The lowest BCUT2D eigenvalue weighted by Gasteiger charge is -2.26. The van der Waals surface area contributed by atoms with Gasteiger partial charge in [0.2, 0.25) is 5.95 Å². The molecule has 31 heavy (non-hydrogen) atoms. The van der Waals surface area contributed by atoms with Crippen LogP contribution in [-0.4, -0.2) is 47.3 Å². The summed E-state index contributed by atoms with van der Waals surface area (Å²) in [6, 6.07) is 3.33. The fraction of sp³-hybridized carbons (Fsp3) is 0.500. The molecule has 3 aromatic rings. The summed E-state index contributed by atoms with van der Waals surface area (Å²) in [5.74, 6) is 0.723. The van der Waals surface area contributed by atoms with Crippen molar-refractivity contribution in [3.8, 4) is 11.5 Å². The zero-order valence-electron chi connectivity index (χ0n) is 17.5.